The van der Waals surface area contributed by atoms with Crippen LogP contribution < -0.4 is 0 Å². The van der Waals surface area contributed by atoms with E-state index >= 15 is 0 Å². The highest BCUT2D eigenvalue weighted by atomic mass is 15.4. The molecule has 4 nitrogen and oxygen atoms in total. The maximum atomic E-state index is 5.02. The topological polar surface area (TPSA) is 43.1 Å². The van der Waals surface area contributed by atoms with Crippen LogP contribution in [0, 0.1) is 17.3 Å². The highest BCUT2D eigenvalue weighted by Crippen LogP contribution is 2.47. The Hall–Kier alpha value is -2.75. The van der Waals surface area contributed by atoms with Crippen molar-refractivity contribution in [3.63, 3.8) is 0 Å². The summed E-state index contributed by atoms with van der Waals surface area (Å²) in [5, 5.41) is 4.57. The number of rotatable bonds is 2. The second kappa shape index (κ2) is 6.94. The van der Waals surface area contributed by atoms with Crippen LogP contribution in [-0.2, 0) is 0 Å². The third-order valence-electron chi connectivity index (χ3n) is 6.58. The maximum absolute atomic E-state index is 5.02. The monoisotopic (exact) mass is 384 g/mol. The molecule has 5 rings (SSSR count). The van der Waals surface area contributed by atoms with Crippen molar-refractivity contribution in [2.24, 2.45) is 22.2 Å². The Labute approximate surface area is 172 Å². The molecule has 148 valence electrons. The van der Waals surface area contributed by atoms with Crippen LogP contribution in [0.2, 0.25) is 0 Å². The van der Waals surface area contributed by atoms with Crippen LogP contribution in [0.3, 0.4) is 0 Å². The molecule has 0 bridgehead atoms. The van der Waals surface area contributed by atoms with E-state index in [0.717, 1.165) is 12.4 Å². The first-order valence-corrected chi connectivity index (χ1v) is 10.7. The average molecular weight is 385 g/mol. The number of nitrogens with zero attached hydrogens (tertiary/aromatic N) is 4. The van der Waals surface area contributed by atoms with E-state index in [1.54, 1.807) is 6.33 Å². The van der Waals surface area contributed by atoms with Gasteiger partial charge in [-0.1, -0.05) is 81.8 Å². The van der Waals surface area contributed by atoms with Gasteiger partial charge in [0.1, 0.15) is 6.33 Å². The summed E-state index contributed by atoms with van der Waals surface area (Å²) in [4.78, 5) is 9.49. The molecule has 0 radical (unpaired) electrons. The molecule has 2 aliphatic rings. The summed E-state index contributed by atoms with van der Waals surface area (Å²) < 4.78 is 2.04. The zero-order chi connectivity index (χ0) is 20.0. The Morgan fingerprint density at radius 2 is 1.62 bits per heavy atom. The van der Waals surface area contributed by atoms with Gasteiger partial charge >= 0.3 is 0 Å². The summed E-state index contributed by atoms with van der Waals surface area (Å²) in [7, 11) is 0. The van der Waals surface area contributed by atoms with Crippen molar-refractivity contribution >= 4 is 11.7 Å². The molecule has 1 fully saturated rings. The lowest BCUT2D eigenvalue weighted by molar-refractivity contribution is 0.239. The van der Waals surface area contributed by atoms with Crippen molar-refractivity contribution in [3.8, 4) is 11.1 Å². The maximum Gasteiger partial charge on any atom is 0.248 e. The summed E-state index contributed by atoms with van der Waals surface area (Å²) in [6.07, 6.45) is 5.27. The van der Waals surface area contributed by atoms with E-state index in [1.165, 1.54) is 35.2 Å². The van der Waals surface area contributed by atoms with Crippen LogP contribution in [0.15, 0.2) is 65.9 Å². The molecule has 3 atom stereocenters. The summed E-state index contributed by atoms with van der Waals surface area (Å²) in [6.45, 7) is 7.02. The Balaban J connectivity index is 1.56. The zero-order valence-corrected chi connectivity index (χ0v) is 17.4. The molecule has 0 saturated heterocycles. The quantitative estimate of drug-likeness (QED) is 0.537. The van der Waals surface area contributed by atoms with E-state index in [9.17, 15) is 0 Å². The number of aliphatic imine (C=N–C) groups is 1. The molecule has 3 aromatic rings. The average Bonchev–Trinajstić information content (AvgIpc) is 3.20. The van der Waals surface area contributed by atoms with Crippen molar-refractivity contribution in [3.05, 3.63) is 66.5 Å². The standard InChI is InChI=1S/C25H28N4/c1-25(2,3)21-11-7-10-20-22(21)28-24-26-16-27-29(24)23(20)19-14-12-18(13-15-19)17-8-5-4-6-9-17/h4-6,8-9,12-16,20-21,23H,7,10-11H2,1-3H3. The van der Waals surface area contributed by atoms with Gasteiger partial charge in [-0.05, 0) is 34.9 Å². The molecule has 2 aromatic carbocycles. The lowest BCUT2D eigenvalue weighted by Crippen LogP contribution is -2.42. The summed E-state index contributed by atoms with van der Waals surface area (Å²) >= 11 is 0. The first kappa shape index (κ1) is 18.3. The molecule has 29 heavy (non-hydrogen) atoms. The van der Waals surface area contributed by atoms with Crippen LogP contribution in [0.25, 0.3) is 11.1 Å². The number of benzene rings is 2. The molecule has 2 heterocycles. The van der Waals surface area contributed by atoms with E-state index in [4.69, 9.17) is 4.99 Å². The van der Waals surface area contributed by atoms with Gasteiger partial charge < -0.3 is 0 Å². The van der Waals surface area contributed by atoms with Crippen molar-refractivity contribution in [2.75, 3.05) is 0 Å². The third kappa shape index (κ3) is 3.21. The Morgan fingerprint density at radius 3 is 2.34 bits per heavy atom. The molecule has 1 aliphatic carbocycles. The first-order chi connectivity index (χ1) is 14.0. The van der Waals surface area contributed by atoms with E-state index in [0.29, 0.717) is 11.8 Å². The Bertz CT molecular complexity index is 1020. The van der Waals surface area contributed by atoms with Gasteiger partial charge in [0.15, 0.2) is 0 Å². The third-order valence-corrected chi connectivity index (χ3v) is 6.58. The van der Waals surface area contributed by atoms with Crippen LogP contribution in [0.1, 0.15) is 51.6 Å². The summed E-state index contributed by atoms with van der Waals surface area (Å²) in [6, 6.07) is 19.7. The summed E-state index contributed by atoms with van der Waals surface area (Å²) in [5.41, 5.74) is 5.33. The molecule has 0 spiro atoms. The van der Waals surface area contributed by atoms with Gasteiger partial charge in [-0.25, -0.2) is 9.67 Å². The highest BCUT2D eigenvalue weighted by Gasteiger charge is 2.43. The minimum absolute atomic E-state index is 0.176. The van der Waals surface area contributed by atoms with Crippen LogP contribution in [0.4, 0.5) is 5.95 Å². The zero-order valence-electron chi connectivity index (χ0n) is 17.4. The fraction of sp³-hybridized carbons (Fsp3) is 0.400. The second-order valence-electron chi connectivity index (χ2n) is 9.43. The minimum atomic E-state index is 0.176. The van der Waals surface area contributed by atoms with Gasteiger partial charge in [0.2, 0.25) is 5.95 Å². The Morgan fingerprint density at radius 1 is 0.897 bits per heavy atom. The van der Waals surface area contributed by atoms with Gasteiger partial charge in [0.05, 0.1) is 6.04 Å². The van der Waals surface area contributed by atoms with Crippen molar-refractivity contribution < 1.29 is 0 Å². The SMILES string of the molecule is CC(C)(C)C1CCCC2C1=Nc1ncnn1C2c1ccc(-c2ccccc2)cc1. The van der Waals surface area contributed by atoms with Gasteiger partial charge in [0.25, 0.3) is 0 Å². The predicted molar refractivity (Wildman–Crippen MR) is 117 cm³/mol. The van der Waals surface area contributed by atoms with Crippen molar-refractivity contribution in [1.82, 2.24) is 14.8 Å². The molecule has 1 aliphatic heterocycles. The molecule has 4 heteroatoms. The molecule has 3 unspecified atom stereocenters. The molecular formula is C25H28N4. The van der Waals surface area contributed by atoms with Gasteiger partial charge in [0, 0.05) is 17.5 Å². The van der Waals surface area contributed by atoms with Crippen LogP contribution in [0.5, 0.6) is 0 Å². The van der Waals surface area contributed by atoms with E-state index < -0.39 is 0 Å². The predicted octanol–water partition coefficient (Wildman–Crippen LogP) is 6.08. The number of fused-ring (bicyclic) bond motifs is 2. The number of aromatic nitrogens is 3. The van der Waals surface area contributed by atoms with E-state index in [-0.39, 0.29) is 11.5 Å². The second-order valence-corrected chi connectivity index (χ2v) is 9.43. The lowest BCUT2D eigenvalue weighted by Gasteiger charge is -2.43. The fourth-order valence-electron chi connectivity index (χ4n) is 5.14. The van der Waals surface area contributed by atoms with E-state index in [1.807, 2.05) is 4.68 Å². The molecule has 1 saturated carbocycles. The fourth-order valence-corrected chi connectivity index (χ4v) is 5.14. The van der Waals surface area contributed by atoms with Crippen molar-refractivity contribution in [1.29, 1.82) is 0 Å². The van der Waals surface area contributed by atoms with Gasteiger partial charge in [-0.3, -0.25) is 0 Å². The summed E-state index contributed by atoms with van der Waals surface area (Å²) in [5.74, 6) is 1.65. The smallest absolute Gasteiger partial charge is 0.222 e. The van der Waals surface area contributed by atoms with Crippen molar-refractivity contribution in [2.45, 2.75) is 46.1 Å². The van der Waals surface area contributed by atoms with E-state index in [2.05, 4.69) is 85.5 Å². The lowest BCUT2D eigenvalue weighted by atomic mass is 9.65. The Kier molecular flexibility index (Phi) is 4.38. The van der Waals surface area contributed by atoms with Crippen LogP contribution >= 0.6 is 0 Å². The minimum Gasteiger partial charge on any atom is -0.222 e. The molecule has 0 N–H and O–H groups in total. The van der Waals surface area contributed by atoms with Crippen LogP contribution in [-0.4, -0.2) is 20.5 Å². The van der Waals surface area contributed by atoms with Gasteiger partial charge in [-0.15, -0.1) is 0 Å². The molecule has 0 amide bonds. The molecule has 1 aromatic heterocycles. The highest BCUT2D eigenvalue weighted by molar-refractivity contribution is 5.93. The van der Waals surface area contributed by atoms with Gasteiger partial charge in [-0.2, -0.15) is 10.1 Å². The number of hydrogen-bond donors (Lipinski definition) is 0. The normalized spacial score (nSPS) is 23.8. The molecular weight excluding hydrogens is 356 g/mol. The first-order valence-electron chi connectivity index (χ1n) is 10.7. The largest absolute Gasteiger partial charge is 0.248 e. The number of hydrogen-bond acceptors (Lipinski definition) is 3.